The number of carbonyl (C=O) groups is 1. The number of hydrogen-bond acceptors (Lipinski definition) is 5. The number of hydrogen-bond donors (Lipinski definition) is 0. The van der Waals surface area contributed by atoms with Gasteiger partial charge in [-0.15, -0.1) is 6.42 Å². The second kappa shape index (κ2) is 5.54. The van der Waals surface area contributed by atoms with Gasteiger partial charge in [0.25, 0.3) is 0 Å². The van der Waals surface area contributed by atoms with Crippen LogP contribution in [0, 0.1) is 12.3 Å². The van der Waals surface area contributed by atoms with E-state index in [0.29, 0.717) is 0 Å². The van der Waals surface area contributed by atoms with Gasteiger partial charge in [-0.05, 0) is 33.6 Å². The van der Waals surface area contributed by atoms with Crippen LogP contribution in [0.2, 0.25) is 0 Å². The molecule has 20 heavy (non-hydrogen) atoms. The summed E-state index contributed by atoms with van der Waals surface area (Å²) in [7, 11) is 0. The number of rotatable bonds is 3. The first-order valence-corrected chi connectivity index (χ1v) is 7.99. The minimum atomic E-state index is -0.867. The molecule has 2 rings (SSSR count). The molecule has 0 aromatic carbocycles. The number of alkyl halides is 1. The van der Waals surface area contributed by atoms with Gasteiger partial charge in [0.15, 0.2) is 17.7 Å². The van der Waals surface area contributed by atoms with Crippen LogP contribution in [0.3, 0.4) is 0 Å². The Hall–Kier alpha value is -0.200. The molecule has 0 aromatic rings. The molecule has 0 saturated carbocycles. The van der Waals surface area contributed by atoms with Gasteiger partial charge >= 0.3 is 0 Å². The predicted octanol–water partition coefficient (Wildman–Crippen LogP) is 1.66. The van der Waals surface area contributed by atoms with Crippen LogP contribution in [-0.2, 0) is 23.7 Å². The van der Waals surface area contributed by atoms with Gasteiger partial charge < -0.3 is 18.9 Å². The maximum absolute atomic E-state index is 11.9. The number of ketones is 1. The van der Waals surface area contributed by atoms with Crippen LogP contribution in [-0.4, -0.2) is 46.2 Å². The van der Waals surface area contributed by atoms with E-state index in [2.05, 4.69) is 28.5 Å². The van der Waals surface area contributed by atoms with E-state index in [-0.39, 0.29) is 12.2 Å². The van der Waals surface area contributed by atoms with E-state index in [1.165, 1.54) is 0 Å². The fourth-order valence-electron chi connectivity index (χ4n) is 2.58. The third-order valence-corrected chi connectivity index (χ3v) is 4.10. The summed E-state index contributed by atoms with van der Waals surface area (Å²) in [4.78, 5) is 11.9. The zero-order chi connectivity index (χ0) is 15.1. The summed E-state index contributed by atoms with van der Waals surface area (Å²) in [5.74, 6) is 0.105. The van der Waals surface area contributed by atoms with Gasteiger partial charge in [-0.3, -0.25) is 4.79 Å². The minimum Gasteiger partial charge on any atom is -0.344 e. The molecule has 0 aliphatic carbocycles. The summed E-state index contributed by atoms with van der Waals surface area (Å²) in [6.45, 7) is 7.18. The van der Waals surface area contributed by atoms with Gasteiger partial charge in [0.2, 0.25) is 5.78 Å². The second-order valence-corrected chi connectivity index (χ2v) is 6.70. The summed E-state index contributed by atoms with van der Waals surface area (Å²) in [5, 5.41) is 0. The van der Waals surface area contributed by atoms with Gasteiger partial charge in [-0.2, -0.15) is 0 Å². The topological polar surface area (TPSA) is 54.0 Å². The van der Waals surface area contributed by atoms with Crippen LogP contribution >= 0.6 is 22.6 Å². The van der Waals surface area contributed by atoms with Gasteiger partial charge in [0.05, 0.1) is 6.10 Å². The van der Waals surface area contributed by atoms with Gasteiger partial charge in [0, 0.05) is 4.43 Å². The number of Topliss-reactive ketones (excluding diaryl/α,β-unsaturated/α-hetero) is 1. The molecule has 0 bridgehead atoms. The molecule has 6 heteroatoms. The molecule has 2 aliphatic rings. The number of carbonyl (C=O) groups excluding carboxylic acids is 1. The van der Waals surface area contributed by atoms with E-state index in [9.17, 15) is 4.79 Å². The van der Waals surface area contributed by atoms with E-state index in [4.69, 9.17) is 25.4 Å². The molecule has 0 unspecified atom stereocenters. The van der Waals surface area contributed by atoms with Crippen LogP contribution in [0.1, 0.15) is 27.7 Å². The van der Waals surface area contributed by atoms with Crippen molar-refractivity contribution in [2.24, 2.45) is 0 Å². The lowest BCUT2D eigenvalue weighted by atomic mass is 10.0. The molecule has 0 aromatic heterocycles. The smallest absolute Gasteiger partial charge is 0.236 e. The van der Waals surface area contributed by atoms with Crippen LogP contribution < -0.4 is 0 Å². The van der Waals surface area contributed by atoms with Crippen molar-refractivity contribution < 1.29 is 23.7 Å². The zero-order valence-electron chi connectivity index (χ0n) is 12.0. The molecule has 2 heterocycles. The Balaban J connectivity index is 2.25. The van der Waals surface area contributed by atoms with Crippen molar-refractivity contribution in [3.05, 3.63) is 0 Å². The van der Waals surface area contributed by atoms with Crippen molar-refractivity contribution in [1.82, 2.24) is 0 Å². The Bertz CT molecular complexity index is 439. The van der Waals surface area contributed by atoms with Crippen molar-refractivity contribution in [1.29, 1.82) is 0 Å². The van der Waals surface area contributed by atoms with Crippen molar-refractivity contribution in [3.63, 3.8) is 0 Å². The molecular formula is C14H19IO5. The van der Waals surface area contributed by atoms with Crippen molar-refractivity contribution in [2.45, 2.75) is 63.7 Å². The monoisotopic (exact) mass is 394 g/mol. The lowest BCUT2D eigenvalue weighted by Crippen LogP contribution is -2.45. The van der Waals surface area contributed by atoms with Gasteiger partial charge in [0.1, 0.15) is 12.2 Å². The molecule has 5 nitrogen and oxygen atoms in total. The molecule has 4 atom stereocenters. The highest BCUT2D eigenvalue weighted by Gasteiger charge is 2.55. The highest BCUT2D eigenvalue weighted by molar-refractivity contribution is 14.1. The van der Waals surface area contributed by atoms with Crippen LogP contribution in [0.5, 0.6) is 0 Å². The molecule has 2 saturated heterocycles. The first-order chi connectivity index (χ1) is 9.19. The van der Waals surface area contributed by atoms with Crippen LogP contribution in [0.4, 0.5) is 0 Å². The Morgan fingerprint density at radius 2 is 1.65 bits per heavy atom. The summed E-state index contributed by atoms with van der Waals surface area (Å²) in [6, 6.07) is 0. The van der Waals surface area contributed by atoms with Gasteiger partial charge in [-0.1, -0.05) is 22.6 Å². The standard InChI is InChI=1S/C14H19IO5/c1-6-8(16)10-12(20-14(4,5)18-10)11-9(7-15)17-13(2,3)19-11/h1,9-12H,7H2,2-5H3/t9-,10+,11-,12-/m1/s1. The molecule has 0 radical (unpaired) electrons. The summed E-state index contributed by atoms with van der Waals surface area (Å²) < 4.78 is 23.9. The third kappa shape index (κ3) is 3.17. The zero-order valence-corrected chi connectivity index (χ0v) is 14.2. The molecule has 2 fully saturated rings. The SMILES string of the molecule is C#CC(=O)[C@@H]1OC(C)(C)O[C@H]1[C@@H]1OC(C)(C)O[C@@H]1CI. The Labute approximate surface area is 132 Å². The molecule has 0 amide bonds. The summed E-state index contributed by atoms with van der Waals surface area (Å²) in [5.41, 5.74) is 0. The van der Waals surface area contributed by atoms with E-state index in [1.54, 1.807) is 13.8 Å². The third-order valence-electron chi connectivity index (χ3n) is 3.23. The van der Waals surface area contributed by atoms with Crippen LogP contribution in [0.15, 0.2) is 0 Å². The quantitative estimate of drug-likeness (QED) is 0.316. The van der Waals surface area contributed by atoms with E-state index < -0.39 is 29.6 Å². The lowest BCUT2D eigenvalue weighted by Gasteiger charge is -2.24. The average Bonchev–Trinajstić information content (AvgIpc) is 2.84. The maximum atomic E-state index is 11.9. The first kappa shape index (κ1) is 16.2. The second-order valence-electron chi connectivity index (χ2n) is 5.82. The lowest BCUT2D eigenvalue weighted by molar-refractivity contribution is -0.175. The molecular weight excluding hydrogens is 375 g/mol. The maximum Gasteiger partial charge on any atom is 0.236 e. The van der Waals surface area contributed by atoms with E-state index >= 15 is 0 Å². The Kier molecular flexibility index (Phi) is 4.48. The average molecular weight is 394 g/mol. The minimum absolute atomic E-state index is 0.166. The van der Waals surface area contributed by atoms with Gasteiger partial charge in [-0.25, -0.2) is 0 Å². The fourth-order valence-corrected chi connectivity index (χ4v) is 3.26. The largest absolute Gasteiger partial charge is 0.344 e. The summed E-state index contributed by atoms with van der Waals surface area (Å²) in [6.07, 6.45) is 3.29. The number of terminal acetylenes is 1. The van der Waals surface area contributed by atoms with Crippen molar-refractivity contribution >= 4 is 28.4 Å². The Morgan fingerprint density at radius 3 is 2.20 bits per heavy atom. The number of ether oxygens (including phenoxy) is 4. The highest BCUT2D eigenvalue weighted by atomic mass is 127. The van der Waals surface area contributed by atoms with Crippen molar-refractivity contribution in [3.8, 4) is 12.3 Å². The molecule has 0 spiro atoms. The van der Waals surface area contributed by atoms with E-state index in [0.717, 1.165) is 4.43 Å². The highest BCUT2D eigenvalue weighted by Crippen LogP contribution is 2.39. The number of halogens is 1. The van der Waals surface area contributed by atoms with Crippen LogP contribution in [0.25, 0.3) is 0 Å². The molecule has 112 valence electrons. The van der Waals surface area contributed by atoms with Crippen molar-refractivity contribution in [2.75, 3.05) is 4.43 Å². The Morgan fingerprint density at radius 1 is 1.10 bits per heavy atom. The first-order valence-electron chi connectivity index (χ1n) is 6.47. The molecule has 0 N–H and O–H groups in total. The molecule has 2 aliphatic heterocycles. The fraction of sp³-hybridized carbons (Fsp3) is 0.786. The predicted molar refractivity (Wildman–Crippen MR) is 80.4 cm³/mol. The normalized spacial score (nSPS) is 38.6. The van der Waals surface area contributed by atoms with E-state index in [1.807, 2.05) is 13.8 Å². The summed E-state index contributed by atoms with van der Waals surface area (Å²) >= 11 is 2.22.